The van der Waals surface area contributed by atoms with Crippen molar-refractivity contribution < 1.29 is 23.4 Å². The fraction of sp³-hybridized carbons (Fsp3) is 0.192. The van der Waals surface area contributed by atoms with Crippen LogP contribution in [0, 0.1) is 0 Å². The Morgan fingerprint density at radius 3 is 2.44 bits per heavy atom. The molecule has 1 aromatic heterocycles. The summed E-state index contributed by atoms with van der Waals surface area (Å²) in [6.45, 7) is 2.62. The van der Waals surface area contributed by atoms with Gasteiger partial charge in [-0.3, -0.25) is 4.79 Å². The van der Waals surface area contributed by atoms with Gasteiger partial charge in [-0.1, -0.05) is 36.4 Å². The predicted molar refractivity (Wildman–Crippen MR) is 127 cm³/mol. The van der Waals surface area contributed by atoms with Crippen molar-refractivity contribution in [2.24, 2.45) is 0 Å². The van der Waals surface area contributed by atoms with E-state index in [9.17, 15) is 4.79 Å². The number of para-hydroxylation sites is 1. The molecular formula is C26H25N3O5. The van der Waals surface area contributed by atoms with Gasteiger partial charge in [0.25, 0.3) is 11.8 Å². The molecule has 3 aromatic carbocycles. The maximum absolute atomic E-state index is 12.4. The molecule has 4 aromatic rings. The molecule has 0 bridgehead atoms. The molecule has 1 amide bonds. The molecule has 1 heterocycles. The lowest BCUT2D eigenvalue weighted by molar-refractivity contribution is -0.123. The highest BCUT2D eigenvalue weighted by Crippen LogP contribution is 2.31. The van der Waals surface area contributed by atoms with Crippen molar-refractivity contribution in [3.8, 4) is 40.2 Å². The summed E-state index contributed by atoms with van der Waals surface area (Å²) in [5, 5.41) is 11.1. The van der Waals surface area contributed by atoms with Crippen molar-refractivity contribution in [2.45, 2.75) is 13.5 Å². The lowest BCUT2D eigenvalue weighted by Gasteiger charge is -2.12. The van der Waals surface area contributed by atoms with Crippen LogP contribution in [0.5, 0.6) is 17.2 Å². The van der Waals surface area contributed by atoms with Gasteiger partial charge in [0, 0.05) is 12.1 Å². The molecule has 8 heteroatoms. The molecule has 0 aliphatic heterocycles. The molecule has 8 nitrogen and oxygen atoms in total. The van der Waals surface area contributed by atoms with Crippen LogP contribution >= 0.6 is 0 Å². The van der Waals surface area contributed by atoms with E-state index in [1.165, 1.54) is 0 Å². The quantitative estimate of drug-likeness (QED) is 0.373. The number of nitrogens with one attached hydrogen (secondary N) is 1. The van der Waals surface area contributed by atoms with Crippen LogP contribution in [0.4, 0.5) is 0 Å². The Kier molecular flexibility index (Phi) is 7.39. The molecule has 1 N–H and O–H groups in total. The van der Waals surface area contributed by atoms with Gasteiger partial charge in [-0.25, -0.2) is 0 Å². The number of methoxy groups -OCH3 is 1. The second kappa shape index (κ2) is 11.0. The van der Waals surface area contributed by atoms with Crippen LogP contribution in [-0.2, 0) is 11.3 Å². The highest BCUT2D eigenvalue weighted by atomic mass is 16.5. The smallest absolute Gasteiger partial charge is 0.258 e. The second-order valence-electron chi connectivity index (χ2n) is 7.26. The molecule has 174 valence electrons. The maximum Gasteiger partial charge on any atom is 0.258 e. The zero-order chi connectivity index (χ0) is 23.8. The molecule has 0 saturated heterocycles. The highest BCUT2D eigenvalue weighted by Gasteiger charge is 2.15. The van der Waals surface area contributed by atoms with Crippen LogP contribution in [0.3, 0.4) is 0 Å². The van der Waals surface area contributed by atoms with E-state index in [1.807, 2.05) is 73.7 Å². The Labute approximate surface area is 197 Å². The zero-order valence-corrected chi connectivity index (χ0v) is 19.0. The van der Waals surface area contributed by atoms with E-state index in [0.717, 1.165) is 11.1 Å². The van der Waals surface area contributed by atoms with Crippen molar-refractivity contribution in [2.75, 3.05) is 20.3 Å². The van der Waals surface area contributed by atoms with Gasteiger partial charge in [-0.2, -0.15) is 0 Å². The second-order valence-corrected chi connectivity index (χ2v) is 7.26. The van der Waals surface area contributed by atoms with Crippen molar-refractivity contribution >= 4 is 5.91 Å². The Hall–Kier alpha value is -4.33. The van der Waals surface area contributed by atoms with E-state index in [2.05, 4.69) is 15.5 Å². The average molecular weight is 460 g/mol. The number of benzene rings is 3. The summed E-state index contributed by atoms with van der Waals surface area (Å²) < 4.78 is 22.5. The third-order valence-electron chi connectivity index (χ3n) is 4.94. The van der Waals surface area contributed by atoms with Gasteiger partial charge >= 0.3 is 0 Å². The molecule has 0 spiro atoms. The highest BCUT2D eigenvalue weighted by molar-refractivity contribution is 5.78. The first-order chi connectivity index (χ1) is 16.7. The van der Waals surface area contributed by atoms with Gasteiger partial charge in [-0.15, -0.1) is 10.2 Å². The van der Waals surface area contributed by atoms with E-state index < -0.39 is 0 Å². The van der Waals surface area contributed by atoms with E-state index in [4.69, 9.17) is 18.6 Å². The van der Waals surface area contributed by atoms with E-state index in [1.54, 1.807) is 13.2 Å². The van der Waals surface area contributed by atoms with Crippen LogP contribution in [0.2, 0.25) is 0 Å². The Bertz CT molecular complexity index is 1240. The van der Waals surface area contributed by atoms with Gasteiger partial charge in [0.1, 0.15) is 5.75 Å². The summed E-state index contributed by atoms with van der Waals surface area (Å²) in [4.78, 5) is 12.4. The minimum absolute atomic E-state index is 0.162. The lowest BCUT2D eigenvalue weighted by Crippen LogP contribution is -2.28. The number of hydrogen-bond donors (Lipinski definition) is 1. The number of hydrogen-bond acceptors (Lipinski definition) is 7. The number of aromatic nitrogens is 2. The summed E-state index contributed by atoms with van der Waals surface area (Å²) in [6, 6.07) is 22.3. The number of amides is 1. The summed E-state index contributed by atoms with van der Waals surface area (Å²) in [5.41, 5.74) is 2.32. The molecule has 4 rings (SSSR count). The first kappa shape index (κ1) is 22.8. The van der Waals surface area contributed by atoms with Crippen molar-refractivity contribution in [1.82, 2.24) is 15.5 Å². The fourth-order valence-corrected chi connectivity index (χ4v) is 3.29. The van der Waals surface area contributed by atoms with Gasteiger partial charge < -0.3 is 23.9 Å². The van der Waals surface area contributed by atoms with Crippen LogP contribution in [0.1, 0.15) is 12.5 Å². The minimum Gasteiger partial charge on any atom is -0.493 e. The van der Waals surface area contributed by atoms with E-state index >= 15 is 0 Å². The van der Waals surface area contributed by atoms with E-state index in [-0.39, 0.29) is 12.5 Å². The summed E-state index contributed by atoms with van der Waals surface area (Å²) in [6.07, 6.45) is 0. The molecule has 0 radical (unpaired) electrons. The molecular weight excluding hydrogens is 434 g/mol. The third kappa shape index (κ3) is 5.53. The summed E-state index contributed by atoms with van der Waals surface area (Å²) in [7, 11) is 1.58. The first-order valence-electron chi connectivity index (χ1n) is 10.9. The standard InChI is InChI=1S/C26H25N3O5/c1-3-32-22-14-13-18(15-23(22)31-2)16-27-24(30)17-33-21-12-8-7-11-20(21)26-29-28-25(34-26)19-9-5-4-6-10-19/h4-15H,3,16-17H2,1-2H3,(H,27,30). The Morgan fingerprint density at radius 2 is 1.65 bits per heavy atom. The van der Waals surface area contributed by atoms with E-state index in [0.29, 0.717) is 47.7 Å². The third-order valence-corrected chi connectivity index (χ3v) is 4.94. The Morgan fingerprint density at radius 1 is 0.882 bits per heavy atom. The number of rotatable bonds is 10. The SMILES string of the molecule is CCOc1ccc(CNC(=O)COc2ccccc2-c2nnc(-c3ccccc3)o2)cc1OC. The van der Waals surface area contributed by atoms with Crippen LogP contribution in [0.25, 0.3) is 22.9 Å². The number of nitrogens with zero attached hydrogens (tertiary/aromatic N) is 2. The molecule has 0 unspecified atom stereocenters. The summed E-state index contributed by atoms with van der Waals surface area (Å²) in [5.74, 6) is 2.22. The van der Waals surface area contributed by atoms with Crippen molar-refractivity contribution in [1.29, 1.82) is 0 Å². The normalized spacial score (nSPS) is 10.5. The van der Waals surface area contributed by atoms with Crippen LogP contribution in [0.15, 0.2) is 77.2 Å². The van der Waals surface area contributed by atoms with Crippen molar-refractivity contribution in [3.05, 3.63) is 78.4 Å². The number of ether oxygens (including phenoxy) is 3. The monoisotopic (exact) mass is 459 g/mol. The molecule has 0 saturated carbocycles. The van der Waals surface area contributed by atoms with Gasteiger partial charge in [0.2, 0.25) is 5.89 Å². The average Bonchev–Trinajstić information content (AvgIpc) is 3.38. The van der Waals surface area contributed by atoms with Gasteiger partial charge in [0.05, 0.1) is 19.3 Å². The minimum atomic E-state index is -0.266. The summed E-state index contributed by atoms with van der Waals surface area (Å²) >= 11 is 0. The van der Waals surface area contributed by atoms with Gasteiger partial charge in [-0.05, 0) is 48.9 Å². The molecule has 0 aliphatic carbocycles. The molecule has 0 fully saturated rings. The largest absolute Gasteiger partial charge is 0.493 e. The fourth-order valence-electron chi connectivity index (χ4n) is 3.29. The topological polar surface area (TPSA) is 95.7 Å². The first-order valence-corrected chi connectivity index (χ1v) is 10.9. The number of carbonyl (C=O) groups is 1. The van der Waals surface area contributed by atoms with Crippen LogP contribution < -0.4 is 19.5 Å². The maximum atomic E-state index is 12.4. The molecule has 0 aliphatic rings. The number of carbonyl (C=O) groups excluding carboxylic acids is 1. The van der Waals surface area contributed by atoms with Crippen LogP contribution in [-0.4, -0.2) is 36.4 Å². The molecule has 0 atom stereocenters. The van der Waals surface area contributed by atoms with Gasteiger partial charge in [0.15, 0.2) is 18.1 Å². The zero-order valence-electron chi connectivity index (χ0n) is 19.0. The molecule has 34 heavy (non-hydrogen) atoms. The Balaban J connectivity index is 1.37. The lowest BCUT2D eigenvalue weighted by atomic mass is 10.2. The predicted octanol–water partition coefficient (Wildman–Crippen LogP) is 4.51. The van der Waals surface area contributed by atoms with Crippen molar-refractivity contribution in [3.63, 3.8) is 0 Å².